The van der Waals surface area contributed by atoms with Gasteiger partial charge in [-0.05, 0) is 44.4 Å². The molecular weight excluding hydrogens is 430 g/mol. The fourth-order valence-corrected chi connectivity index (χ4v) is 4.44. The minimum absolute atomic E-state index is 0.144. The quantitative estimate of drug-likeness (QED) is 0.628. The lowest BCUT2D eigenvalue weighted by molar-refractivity contribution is -0.0585. The summed E-state index contributed by atoms with van der Waals surface area (Å²) in [5.74, 6) is 0.511. The van der Waals surface area contributed by atoms with Gasteiger partial charge >= 0.3 is 0 Å². The van der Waals surface area contributed by atoms with Gasteiger partial charge in [-0.3, -0.25) is 14.7 Å². The van der Waals surface area contributed by atoms with E-state index in [1.165, 1.54) is 0 Å². The molecule has 2 aliphatic heterocycles. The lowest BCUT2D eigenvalue weighted by atomic mass is 9.95. The van der Waals surface area contributed by atoms with Crippen LogP contribution in [0.3, 0.4) is 0 Å². The van der Waals surface area contributed by atoms with Crippen LogP contribution in [0.1, 0.15) is 27.7 Å². The molecule has 0 radical (unpaired) electrons. The van der Waals surface area contributed by atoms with Gasteiger partial charge in [-0.2, -0.15) is 0 Å². The van der Waals surface area contributed by atoms with Gasteiger partial charge in [0.05, 0.1) is 24.5 Å². The number of benzene rings is 1. The minimum Gasteiger partial charge on any atom is -0.349 e. The zero-order chi connectivity index (χ0) is 22.3. The summed E-state index contributed by atoms with van der Waals surface area (Å²) in [6.07, 6.45) is 1.76. The van der Waals surface area contributed by atoms with Crippen LogP contribution in [-0.4, -0.2) is 75.8 Å². The highest BCUT2D eigenvalue weighted by Gasteiger charge is 2.50. The normalized spacial score (nSPS) is 19.9. The van der Waals surface area contributed by atoms with Gasteiger partial charge in [-0.1, -0.05) is 17.7 Å². The number of pyridine rings is 1. The number of hydrogen-bond acceptors (Lipinski definition) is 7. The number of carbonyl (C=O) groups is 1. The van der Waals surface area contributed by atoms with Gasteiger partial charge in [0.15, 0.2) is 5.72 Å². The molecule has 10 heteroatoms. The second kappa shape index (κ2) is 8.25. The Labute approximate surface area is 191 Å². The van der Waals surface area contributed by atoms with E-state index < -0.39 is 5.72 Å². The number of hydrogen-bond donors (Lipinski definition) is 1. The molecule has 1 fully saturated rings. The summed E-state index contributed by atoms with van der Waals surface area (Å²) in [6, 6.07) is 11.4. The molecule has 9 nitrogen and oxygen atoms in total. The molecule has 1 amide bonds. The molecule has 0 aliphatic carbocycles. The Balaban J connectivity index is 1.61. The van der Waals surface area contributed by atoms with Gasteiger partial charge in [-0.15, -0.1) is 5.10 Å². The fourth-order valence-electron chi connectivity index (χ4n) is 4.27. The lowest BCUT2D eigenvalue weighted by Gasteiger charge is -2.35. The first kappa shape index (κ1) is 21.0. The van der Waals surface area contributed by atoms with Crippen molar-refractivity contribution in [3.8, 4) is 5.69 Å². The number of fused-ring (bicyclic) bond motifs is 5. The Hall–Kier alpha value is -2.85. The monoisotopic (exact) mass is 453 g/mol. The van der Waals surface area contributed by atoms with Crippen LogP contribution in [0.25, 0.3) is 5.69 Å². The molecule has 1 N–H and O–H groups in total. The Bertz CT molecular complexity index is 1150. The molecule has 1 aromatic carbocycles. The molecule has 166 valence electrons. The summed E-state index contributed by atoms with van der Waals surface area (Å²) < 4.78 is 8.12. The predicted octanol–water partition coefficient (Wildman–Crippen LogP) is 1.65. The summed E-state index contributed by atoms with van der Waals surface area (Å²) in [6.45, 7) is 2.91. The molecule has 32 heavy (non-hydrogen) atoms. The molecule has 4 heterocycles. The Morgan fingerprint density at radius 1 is 1.31 bits per heavy atom. The molecule has 1 saturated heterocycles. The molecular formula is C22H24ClN7O2. The maximum Gasteiger partial charge on any atom is 0.291 e. The van der Waals surface area contributed by atoms with Crippen molar-refractivity contribution < 1.29 is 9.53 Å². The van der Waals surface area contributed by atoms with E-state index in [4.69, 9.17) is 16.3 Å². The number of amides is 1. The van der Waals surface area contributed by atoms with Crippen LogP contribution in [0.2, 0.25) is 5.02 Å². The molecule has 3 aromatic rings. The average Bonchev–Trinajstić information content (AvgIpc) is 3.37. The van der Waals surface area contributed by atoms with Gasteiger partial charge in [0, 0.05) is 36.4 Å². The van der Waals surface area contributed by atoms with Crippen LogP contribution in [0.15, 0.2) is 42.6 Å². The number of likely N-dealkylation sites (N-methyl/N-ethyl adjacent to an activating group) is 1. The number of carbonyl (C=O) groups excluding carboxylic acids is 1. The molecule has 2 aliphatic rings. The molecule has 2 aromatic heterocycles. The van der Waals surface area contributed by atoms with E-state index in [0.717, 1.165) is 23.5 Å². The van der Waals surface area contributed by atoms with Crippen molar-refractivity contribution in [2.45, 2.75) is 12.3 Å². The van der Waals surface area contributed by atoms with Crippen LogP contribution in [0.4, 0.5) is 0 Å². The Morgan fingerprint density at radius 2 is 2.19 bits per heavy atom. The van der Waals surface area contributed by atoms with E-state index in [1.807, 2.05) is 49.3 Å². The molecule has 1 atom stereocenters. The third-order valence-corrected chi connectivity index (χ3v) is 5.97. The van der Waals surface area contributed by atoms with E-state index in [0.29, 0.717) is 37.1 Å². The van der Waals surface area contributed by atoms with Crippen LogP contribution in [-0.2, 0) is 17.0 Å². The fraction of sp³-hybridized carbons (Fsp3) is 0.364. The van der Waals surface area contributed by atoms with Gasteiger partial charge in [0.1, 0.15) is 5.82 Å². The van der Waals surface area contributed by atoms with E-state index in [9.17, 15) is 4.79 Å². The summed E-state index contributed by atoms with van der Waals surface area (Å²) >= 11 is 6.43. The van der Waals surface area contributed by atoms with Crippen molar-refractivity contribution >= 4 is 17.5 Å². The molecule has 1 unspecified atom stereocenters. The molecule has 0 bridgehead atoms. The van der Waals surface area contributed by atoms with E-state index in [2.05, 4.69) is 25.3 Å². The van der Waals surface area contributed by atoms with E-state index in [1.54, 1.807) is 16.9 Å². The van der Waals surface area contributed by atoms with Crippen LogP contribution >= 0.6 is 11.6 Å². The highest BCUT2D eigenvalue weighted by atomic mass is 35.5. The number of nitrogens with zero attached hydrogens (tertiary/aromatic N) is 6. The number of aromatic nitrogens is 4. The second-order valence-electron chi connectivity index (χ2n) is 8.11. The first-order valence-corrected chi connectivity index (χ1v) is 10.9. The maximum absolute atomic E-state index is 12.7. The number of nitrogens with one attached hydrogen (secondary N) is 1. The van der Waals surface area contributed by atoms with Crippen LogP contribution in [0, 0.1) is 0 Å². The van der Waals surface area contributed by atoms with Crippen molar-refractivity contribution in [1.82, 2.24) is 34.9 Å². The first-order chi connectivity index (χ1) is 15.5. The molecule has 5 rings (SSSR count). The lowest BCUT2D eigenvalue weighted by Crippen LogP contribution is -2.43. The number of ether oxygens (including phenoxy) is 1. The molecule has 0 spiro atoms. The van der Waals surface area contributed by atoms with E-state index >= 15 is 0 Å². The second-order valence-corrected chi connectivity index (χ2v) is 8.55. The van der Waals surface area contributed by atoms with Crippen molar-refractivity contribution in [1.29, 1.82) is 0 Å². The predicted molar refractivity (Wildman–Crippen MR) is 119 cm³/mol. The zero-order valence-electron chi connectivity index (χ0n) is 18.0. The third kappa shape index (κ3) is 3.47. The average molecular weight is 454 g/mol. The number of rotatable bonds is 5. The van der Waals surface area contributed by atoms with Crippen molar-refractivity contribution in [3.05, 3.63) is 70.5 Å². The summed E-state index contributed by atoms with van der Waals surface area (Å²) in [5, 5.41) is 8.03. The highest BCUT2D eigenvalue weighted by Crippen LogP contribution is 2.45. The van der Waals surface area contributed by atoms with Gasteiger partial charge in [0.25, 0.3) is 5.91 Å². The summed E-state index contributed by atoms with van der Waals surface area (Å²) in [7, 11) is 3.91. The summed E-state index contributed by atoms with van der Waals surface area (Å²) in [5.41, 5.74) is 1.45. The topological polar surface area (TPSA) is 88.4 Å². The molecule has 0 saturated carbocycles. The van der Waals surface area contributed by atoms with Crippen LogP contribution in [0.5, 0.6) is 0 Å². The van der Waals surface area contributed by atoms with E-state index in [-0.39, 0.29) is 11.7 Å². The third-order valence-electron chi connectivity index (χ3n) is 5.74. The smallest absolute Gasteiger partial charge is 0.291 e. The number of halogens is 1. The standard InChI is InChI=1S/C22H24ClN7O2/c1-28(2)10-9-25-21(31)20-26-19-14-29-11-12-32-22(29,18-5-3-4-8-24-18)16-13-15(23)6-7-17(16)30(19)27-20/h3-8,13H,9-12,14H2,1-2H3,(H,25,31). The summed E-state index contributed by atoms with van der Waals surface area (Å²) in [4.78, 5) is 26.1. The zero-order valence-corrected chi connectivity index (χ0v) is 18.7. The van der Waals surface area contributed by atoms with Crippen molar-refractivity contribution in [3.63, 3.8) is 0 Å². The minimum atomic E-state index is -0.905. The largest absolute Gasteiger partial charge is 0.349 e. The SMILES string of the molecule is CN(C)CCNC(=O)c1nc2n(n1)-c1ccc(Cl)cc1C1(c3ccccn3)OCCN1C2. The van der Waals surface area contributed by atoms with Crippen LogP contribution < -0.4 is 5.32 Å². The first-order valence-electron chi connectivity index (χ1n) is 10.5. The highest BCUT2D eigenvalue weighted by molar-refractivity contribution is 6.30. The Kier molecular flexibility index (Phi) is 5.42. The van der Waals surface area contributed by atoms with Gasteiger partial charge in [-0.25, -0.2) is 9.67 Å². The van der Waals surface area contributed by atoms with Crippen molar-refractivity contribution in [2.24, 2.45) is 0 Å². The van der Waals surface area contributed by atoms with Gasteiger partial charge in [0.2, 0.25) is 5.82 Å². The Morgan fingerprint density at radius 3 is 2.97 bits per heavy atom. The van der Waals surface area contributed by atoms with Gasteiger partial charge < -0.3 is 15.0 Å². The van der Waals surface area contributed by atoms with Crippen molar-refractivity contribution in [2.75, 3.05) is 40.3 Å². The maximum atomic E-state index is 12.7.